The summed E-state index contributed by atoms with van der Waals surface area (Å²) in [5.74, 6) is -1.87. The summed E-state index contributed by atoms with van der Waals surface area (Å²) in [6, 6.07) is 3.21. The maximum absolute atomic E-state index is 11.6. The Balaban J connectivity index is 2.12. The Morgan fingerprint density at radius 2 is 1.95 bits per heavy atom. The molecule has 0 aliphatic rings. The molecule has 0 bridgehead atoms. The van der Waals surface area contributed by atoms with Crippen LogP contribution >= 0.6 is 0 Å². The molecule has 0 saturated carbocycles. The number of aromatic carboxylic acids is 1. The van der Waals surface area contributed by atoms with Crippen molar-refractivity contribution in [1.29, 1.82) is 0 Å². The highest BCUT2D eigenvalue weighted by Crippen LogP contribution is 2.27. The number of carbonyl (C=O) groups is 2. The molecular weight excluding hydrogens is 266 g/mol. The summed E-state index contributed by atoms with van der Waals surface area (Å²) in [5.41, 5.74) is -0.369. The van der Waals surface area contributed by atoms with E-state index in [0.717, 1.165) is 0 Å². The zero-order valence-electron chi connectivity index (χ0n) is 9.94. The molecule has 1 heterocycles. The second kappa shape index (κ2) is 5.61. The lowest BCUT2D eigenvalue weighted by atomic mass is 10.2. The van der Waals surface area contributed by atoms with Gasteiger partial charge in [-0.15, -0.1) is 5.10 Å². The third kappa shape index (κ3) is 2.96. The number of carbonyl (C=O) groups excluding carboxylic acids is 1. The molecule has 1 aromatic heterocycles. The number of para-hydroxylation sites is 1. The van der Waals surface area contributed by atoms with Crippen molar-refractivity contribution in [2.45, 2.75) is 0 Å². The van der Waals surface area contributed by atoms with Gasteiger partial charge >= 0.3 is 12.0 Å². The average Bonchev–Trinajstić information content (AvgIpc) is 2.42. The minimum absolute atomic E-state index is 0.0288. The van der Waals surface area contributed by atoms with Crippen LogP contribution in [-0.4, -0.2) is 37.4 Å². The van der Waals surface area contributed by atoms with E-state index in [1.54, 1.807) is 0 Å². The van der Waals surface area contributed by atoms with Crippen LogP contribution in [0.3, 0.4) is 0 Å². The van der Waals surface area contributed by atoms with Gasteiger partial charge in [-0.05, 0) is 12.1 Å². The second-order valence-corrected chi connectivity index (χ2v) is 3.55. The lowest BCUT2D eigenvalue weighted by molar-refractivity contribution is 0.0694. The van der Waals surface area contributed by atoms with Crippen LogP contribution in [0.25, 0.3) is 0 Å². The van der Waals surface area contributed by atoms with Crippen molar-refractivity contribution in [2.24, 2.45) is 0 Å². The molecule has 0 unspecified atom stereocenters. The van der Waals surface area contributed by atoms with E-state index in [-0.39, 0.29) is 17.2 Å². The second-order valence-electron chi connectivity index (χ2n) is 3.55. The van der Waals surface area contributed by atoms with Gasteiger partial charge in [-0.3, -0.25) is 5.32 Å². The van der Waals surface area contributed by atoms with Crippen molar-refractivity contribution in [2.75, 3.05) is 10.6 Å². The largest absolute Gasteiger partial charge is 0.505 e. The molecule has 0 radical (unpaired) electrons. The average molecular weight is 275 g/mol. The van der Waals surface area contributed by atoms with Crippen molar-refractivity contribution in [1.82, 2.24) is 15.2 Å². The summed E-state index contributed by atoms with van der Waals surface area (Å²) in [7, 11) is 0. The van der Waals surface area contributed by atoms with E-state index in [2.05, 4.69) is 25.8 Å². The number of phenols is 1. The summed E-state index contributed by atoms with van der Waals surface area (Å²) < 4.78 is 0. The first kappa shape index (κ1) is 13.2. The third-order valence-electron chi connectivity index (χ3n) is 2.22. The van der Waals surface area contributed by atoms with Crippen LogP contribution in [0, 0.1) is 0 Å². The zero-order chi connectivity index (χ0) is 14.5. The summed E-state index contributed by atoms with van der Waals surface area (Å²) in [4.78, 5) is 26.2. The van der Waals surface area contributed by atoms with E-state index < -0.39 is 17.7 Å². The highest BCUT2D eigenvalue weighted by Gasteiger charge is 2.14. The van der Waals surface area contributed by atoms with Gasteiger partial charge in [-0.2, -0.15) is 5.10 Å². The molecule has 2 amide bonds. The van der Waals surface area contributed by atoms with E-state index in [9.17, 15) is 14.7 Å². The Morgan fingerprint density at radius 1 is 1.15 bits per heavy atom. The van der Waals surface area contributed by atoms with Gasteiger partial charge in [-0.25, -0.2) is 14.6 Å². The van der Waals surface area contributed by atoms with Crippen LogP contribution in [0.2, 0.25) is 0 Å². The van der Waals surface area contributed by atoms with E-state index in [0.29, 0.717) is 0 Å². The minimum Gasteiger partial charge on any atom is -0.505 e. The molecule has 4 N–H and O–H groups in total. The molecule has 0 spiro atoms. The molecule has 2 aromatic rings. The van der Waals surface area contributed by atoms with Crippen molar-refractivity contribution in [3.63, 3.8) is 0 Å². The number of rotatable bonds is 3. The van der Waals surface area contributed by atoms with Crippen molar-refractivity contribution in [3.8, 4) is 5.75 Å². The lowest BCUT2D eigenvalue weighted by Gasteiger charge is -2.09. The van der Waals surface area contributed by atoms with Crippen molar-refractivity contribution < 1.29 is 19.8 Å². The highest BCUT2D eigenvalue weighted by atomic mass is 16.4. The van der Waals surface area contributed by atoms with Gasteiger partial charge in [0, 0.05) is 0 Å². The Hall–Kier alpha value is -3.23. The third-order valence-corrected chi connectivity index (χ3v) is 2.22. The van der Waals surface area contributed by atoms with Gasteiger partial charge in [-0.1, -0.05) is 6.07 Å². The van der Waals surface area contributed by atoms with Crippen molar-refractivity contribution in [3.05, 3.63) is 36.2 Å². The molecular formula is C11H9N5O4. The normalized spacial score (nSPS) is 9.80. The topological polar surface area (TPSA) is 137 Å². The first-order valence-corrected chi connectivity index (χ1v) is 5.35. The fourth-order valence-corrected chi connectivity index (χ4v) is 1.38. The number of carboxylic acid groups (broad SMARTS) is 1. The number of carboxylic acids is 1. The molecule has 9 heteroatoms. The lowest BCUT2D eigenvalue weighted by Crippen LogP contribution is -2.21. The Labute approximate surface area is 112 Å². The maximum atomic E-state index is 11.6. The van der Waals surface area contributed by atoms with Crippen LogP contribution in [0.1, 0.15) is 10.4 Å². The number of aromatic nitrogens is 3. The van der Waals surface area contributed by atoms with Crippen molar-refractivity contribution >= 4 is 23.6 Å². The highest BCUT2D eigenvalue weighted by molar-refractivity contribution is 6.01. The van der Waals surface area contributed by atoms with Gasteiger partial charge in [0.15, 0.2) is 5.75 Å². The van der Waals surface area contributed by atoms with Crippen LogP contribution in [0.15, 0.2) is 30.6 Å². The molecule has 2 rings (SSSR count). The maximum Gasteiger partial charge on any atom is 0.339 e. The Kier molecular flexibility index (Phi) is 3.70. The number of hydrogen-bond donors (Lipinski definition) is 4. The summed E-state index contributed by atoms with van der Waals surface area (Å²) >= 11 is 0. The summed E-state index contributed by atoms with van der Waals surface area (Å²) in [6.45, 7) is 0. The number of hydrogen-bond acceptors (Lipinski definition) is 6. The number of aromatic hydroxyl groups is 1. The number of anilines is 2. The van der Waals surface area contributed by atoms with Gasteiger partial charge in [0.25, 0.3) is 5.95 Å². The smallest absolute Gasteiger partial charge is 0.339 e. The number of urea groups is 1. The zero-order valence-corrected chi connectivity index (χ0v) is 9.94. The molecule has 102 valence electrons. The predicted molar refractivity (Wildman–Crippen MR) is 67.5 cm³/mol. The number of nitrogens with one attached hydrogen (secondary N) is 2. The molecule has 0 aliphatic heterocycles. The molecule has 1 aromatic carbocycles. The van der Waals surface area contributed by atoms with E-state index in [4.69, 9.17) is 5.11 Å². The van der Waals surface area contributed by atoms with Gasteiger partial charge < -0.3 is 15.5 Å². The molecule has 0 fully saturated rings. The molecule has 0 saturated heterocycles. The van der Waals surface area contributed by atoms with E-state index in [1.807, 2.05) is 0 Å². The molecule has 0 aliphatic carbocycles. The SMILES string of the molecule is O=C(Nc1nccnn1)Nc1cccc(C(=O)O)c1O. The van der Waals surface area contributed by atoms with Gasteiger partial charge in [0.05, 0.1) is 18.1 Å². The quantitative estimate of drug-likeness (QED) is 0.611. The van der Waals surface area contributed by atoms with Crippen LogP contribution in [0.5, 0.6) is 5.75 Å². The van der Waals surface area contributed by atoms with Crippen LogP contribution < -0.4 is 10.6 Å². The van der Waals surface area contributed by atoms with Gasteiger partial charge in [0.2, 0.25) is 0 Å². The molecule has 9 nitrogen and oxygen atoms in total. The fraction of sp³-hybridized carbons (Fsp3) is 0. The standard InChI is InChI=1S/C11H9N5O4/c17-8-6(9(18)19)2-1-3-7(8)14-11(20)15-10-12-4-5-13-16-10/h1-5,17H,(H,18,19)(H2,12,14,15,16,20). The predicted octanol–water partition coefficient (Wildman–Crippen LogP) is 0.919. The van der Waals surface area contributed by atoms with E-state index in [1.165, 1.54) is 30.6 Å². The summed E-state index contributed by atoms with van der Waals surface area (Å²) in [6.07, 6.45) is 2.68. The van der Waals surface area contributed by atoms with E-state index >= 15 is 0 Å². The Bertz CT molecular complexity index is 647. The summed E-state index contributed by atoms with van der Waals surface area (Å²) in [5, 5.41) is 30.2. The minimum atomic E-state index is -1.30. The van der Waals surface area contributed by atoms with Crippen LogP contribution in [0.4, 0.5) is 16.4 Å². The molecule has 0 atom stereocenters. The van der Waals surface area contributed by atoms with Crippen LogP contribution in [-0.2, 0) is 0 Å². The monoisotopic (exact) mass is 275 g/mol. The first-order valence-electron chi connectivity index (χ1n) is 5.35. The Morgan fingerprint density at radius 3 is 2.60 bits per heavy atom. The fourth-order valence-electron chi connectivity index (χ4n) is 1.38. The molecule has 20 heavy (non-hydrogen) atoms. The number of nitrogens with zero attached hydrogens (tertiary/aromatic N) is 3. The number of amides is 2. The first-order chi connectivity index (χ1) is 9.58. The number of benzene rings is 1. The van der Waals surface area contributed by atoms with Gasteiger partial charge in [0.1, 0.15) is 5.56 Å².